The molecule has 0 rings (SSSR count). The molecule has 0 bridgehead atoms. The molecule has 0 aromatic heterocycles. The standard InChI is InChI=1S/C14H30N2O3/c1-5-18-13(19-6-2)10-16-14(17)11(3)8-7-9-12(4)15/h11-13H,5-10,15H2,1-4H3,(H,16,17). The van der Waals surface area contributed by atoms with Crippen molar-refractivity contribution in [2.75, 3.05) is 19.8 Å². The van der Waals surface area contributed by atoms with Gasteiger partial charge in [-0.3, -0.25) is 4.79 Å². The van der Waals surface area contributed by atoms with Gasteiger partial charge in [0.05, 0.1) is 6.54 Å². The van der Waals surface area contributed by atoms with Gasteiger partial charge < -0.3 is 20.5 Å². The van der Waals surface area contributed by atoms with Gasteiger partial charge in [-0.25, -0.2) is 0 Å². The van der Waals surface area contributed by atoms with Gasteiger partial charge in [0.1, 0.15) is 0 Å². The van der Waals surface area contributed by atoms with E-state index in [-0.39, 0.29) is 24.2 Å². The highest BCUT2D eigenvalue weighted by atomic mass is 16.7. The molecule has 0 spiro atoms. The highest BCUT2D eigenvalue weighted by Gasteiger charge is 2.15. The molecule has 0 saturated heterocycles. The summed E-state index contributed by atoms with van der Waals surface area (Å²) in [6, 6.07) is 0.204. The lowest BCUT2D eigenvalue weighted by atomic mass is 10.0. The second kappa shape index (κ2) is 11.2. The van der Waals surface area contributed by atoms with Crippen LogP contribution in [0.15, 0.2) is 0 Å². The van der Waals surface area contributed by atoms with Crippen molar-refractivity contribution in [3.8, 4) is 0 Å². The van der Waals surface area contributed by atoms with E-state index in [1.54, 1.807) is 0 Å². The largest absolute Gasteiger partial charge is 0.351 e. The van der Waals surface area contributed by atoms with Crippen LogP contribution < -0.4 is 11.1 Å². The third kappa shape index (κ3) is 9.87. The van der Waals surface area contributed by atoms with Crippen LogP contribution >= 0.6 is 0 Å². The zero-order chi connectivity index (χ0) is 14.7. The lowest BCUT2D eigenvalue weighted by molar-refractivity contribution is -0.142. The maximum atomic E-state index is 11.9. The van der Waals surface area contributed by atoms with Crippen molar-refractivity contribution < 1.29 is 14.3 Å². The first-order valence-corrected chi connectivity index (χ1v) is 7.27. The van der Waals surface area contributed by atoms with Gasteiger partial charge in [0.2, 0.25) is 5.91 Å². The minimum absolute atomic E-state index is 0.00246. The summed E-state index contributed by atoms with van der Waals surface area (Å²) in [6.45, 7) is 9.29. The molecule has 0 fully saturated rings. The van der Waals surface area contributed by atoms with E-state index in [9.17, 15) is 4.79 Å². The van der Waals surface area contributed by atoms with Crippen molar-refractivity contribution in [2.24, 2.45) is 11.7 Å². The Labute approximate surface area is 117 Å². The minimum atomic E-state index is -0.352. The van der Waals surface area contributed by atoms with Gasteiger partial charge in [-0.05, 0) is 33.6 Å². The average Bonchev–Trinajstić information content (AvgIpc) is 2.35. The number of ether oxygens (including phenoxy) is 2. The van der Waals surface area contributed by atoms with Crippen LogP contribution in [0.25, 0.3) is 0 Å². The monoisotopic (exact) mass is 274 g/mol. The molecule has 5 nitrogen and oxygen atoms in total. The van der Waals surface area contributed by atoms with E-state index in [2.05, 4.69) is 5.32 Å². The van der Waals surface area contributed by atoms with Crippen LogP contribution in [0, 0.1) is 5.92 Å². The van der Waals surface area contributed by atoms with Gasteiger partial charge in [0.25, 0.3) is 0 Å². The van der Waals surface area contributed by atoms with E-state index in [1.807, 2.05) is 27.7 Å². The summed E-state index contributed by atoms with van der Waals surface area (Å²) in [7, 11) is 0. The summed E-state index contributed by atoms with van der Waals surface area (Å²) in [4.78, 5) is 11.9. The Balaban J connectivity index is 3.86. The molecule has 2 unspecified atom stereocenters. The quantitative estimate of drug-likeness (QED) is 0.562. The summed E-state index contributed by atoms with van der Waals surface area (Å²) in [5, 5.41) is 2.87. The Morgan fingerprint density at radius 3 is 2.21 bits per heavy atom. The second-order valence-corrected chi connectivity index (χ2v) is 4.89. The van der Waals surface area contributed by atoms with Crippen molar-refractivity contribution in [3.05, 3.63) is 0 Å². The minimum Gasteiger partial charge on any atom is -0.351 e. The molecule has 0 radical (unpaired) electrons. The van der Waals surface area contributed by atoms with Crippen molar-refractivity contribution in [3.63, 3.8) is 0 Å². The van der Waals surface area contributed by atoms with E-state index in [4.69, 9.17) is 15.2 Å². The molecule has 114 valence electrons. The first-order valence-electron chi connectivity index (χ1n) is 7.27. The molecule has 0 aliphatic carbocycles. The molecule has 0 heterocycles. The van der Waals surface area contributed by atoms with Gasteiger partial charge in [-0.1, -0.05) is 13.3 Å². The van der Waals surface area contributed by atoms with Crippen molar-refractivity contribution in [1.82, 2.24) is 5.32 Å². The lowest BCUT2D eigenvalue weighted by Crippen LogP contribution is -2.38. The first kappa shape index (κ1) is 18.4. The number of carbonyl (C=O) groups is 1. The Morgan fingerprint density at radius 2 is 1.74 bits per heavy atom. The zero-order valence-electron chi connectivity index (χ0n) is 12.8. The van der Waals surface area contributed by atoms with Crippen molar-refractivity contribution in [1.29, 1.82) is 0 Å². The highest BCUT2D eigenvalue weighted by molar-refractivity contribution is 5.78. The van der Waals surface area contributed by atoms with E-state index < -0.39 is 0 Å². The molecule has 5 heteroatoms. The molecule has 1 amide bonds. The molecule has 0 aliphatic heterocycles. The van der Waals surface area contributed by atoms with Gasteiger partial charge >= 0.3 is 0 Å². The fraction of sp³-hybridized carbons (Fsp3) is 0.929. The van der Waals surface area contributed by atoms with Crippen LogP contribution in [0.1, 0.15) is 47.0 Å². The normalized spacial score (nSPS) is 14.4. The molecule has 19 heavy (non-hydrogen) atoms. The van der Waals surface area contributed by atoms with E-state index in [0.717, 1.165) is 19.3 Å². The summed E-state index contributed by atoms with van der Waals surface area (Å²) < 4.78 is 10.7. The lowest BCUT2D eigenvalue weighted by Gasteiger charge is -2.19. The maximum Gasteiger partial charge on any atom is 0.223 e. The Kier molecular flexibility index (Phi) is 10.8. The van der Waals surface area contributed by atoms with Crippen LogP contribution in [-0.4, -0.2) is 38.0 Å². The van der Waals surface area contributed by atoms with Gasteiger partial charge in [-0.2, -0.15) is 0 Å². The van der Waals surface area contributed by atoms with Crippen LogP contribution in [-0.2, 0) is 14.3 Å². The number of rotatable bonds is 11. The highest BCUT2D eigenvalue weighted by Crippen LogP contribution is 2.09. The number of hydrogen-bond donors (Lipinski definition) is 2. The molecular formula is C14H30N2O3. The number of carbonyl (C=O) groups excluding carboxylic acids is 1. The van der Waals surface area contributed by atoms with Gasteiger partial charge in [0.15, 0.2) is 6.29 Å². The van der Waals surface area contributed by atoms with E-state index in [0.29, 0.717) is 19.8 Å². The Morgan fingerprint density at radius 1 is 1.16 bits per heavy atom. The molecule has 0 aromatic rings. The zero-order valence-corrected chi connectivity index (χ0v) is 12.8. The van der Waals surface area contributed by atoms with Crippen LogP contribution in [0.2, 0.25) is 0 Å². The van der Waals surface area contributed by atoms with Crippen molar-refractivity contribution in [2.45, 2.75) is 59.3 Å². The van der Waals surface area contributed by atoms with E-state index in [1.165, 1.54) is 0 Å². The number of amides is 1. The maximum absolute atomic E-state index is 11.9. The predicted molar refractivity (Wildman–Crippen MR) is 76.7 cm³/mol. The topological polar surface area (TPSA) is 73.6 Å². The second-order valence-electron chi connectivity index (χ2n) is 4.89. The number of nitrogens with two attached hydrogens (primary N) is 1. The van der Waals surface area contributed by atoms with Crippen LogP contribution in [0.4, 0.5) is 0 Å². The van der Waals surface area contributed by atoms with E-state index >= 15 is 0 Å². The van der Waals surface area contributed by atoms with Crippen molar-refractivity contribution >= 4 is 5.91 Å². The van der Waals surface area contributed by atoms with Gasteiger partial charge in [-0.15, -0.1) is 0 Å². The average molecular weight is 274 g/mol. The SMILES string of the molecule is CCOC(CNC(=O)C(C)CCCC(C)N)OCC. The van der Waals surface area contributed by atoms with Crippen LogP contribution in [0.5, 0.6) is 0 Å². The molecule has 3 N–H and O–H groups in total. The summed E-state index contributed by atoms with van der Waals surface area (Å²) in [5.74, 6) is 0.0525. The molecular weight excluding hydrogens is 244 g/mol. The number of nitrogens with one attached hydrogen (secondary N) is 1. The van der Waals surface area contributed by atoms with Crippen LogP contribution in [0.3, 0.4) is 0 Å². The fourth-order valence-corrected chi connectivity index (χ4v) is 1.77. The molecule has 0 aliphatic rings. The molecule has 2 atom stereocenters. The first-order chi connectivity index (χ1) is 9.01. The third-order valence-corrected chi connectivity index (χ3v) is 2.89. The summed E-state index contributed by atoms with van der Waals surface area (Å²) in [6.07, 6.45) is 2.45. The molecule has 0 saturated carbocycles. The summed E-state index contributed by atoms with van der Waals surface area (Å²) in [5.41, 5.74) is 5.69. The smallest absolute Gasteiger partial charge is 0.223 e. The predicted octanol–water partition coefficient (Wildman–Crippen LogP) is 1.66. The Bertz CT molecular complexity index is 229. The summed E-state index contributed by atoms with van der Waals surface area (Å²) >= 11 is 0. The van der Waals surface area contributed by atoms with Gasteiger partial charge in [0, 0.05) is 25.2 Å². The molecule has 0 aromatic carbocycles. The third-order valence-electron chi connectivity index (χ3n) is 2.89. The Hall–Kier alpha value is -0.650. The number of hydrogen-bond acceptors (Lipinski definition) is 4. The fourth-order valence-electron chi connectivity index (χ4n) is 1.77.